The van der Waals surface area contributed by atoms with E-state index >= 15 is 0 Å². The van der Waals surface area contributed by atoms with Gasteiger partial charge in [0.2, 0.25) is 0 Å². The molecule has 0 aliphatic rings. The first kappa shape index (κ1) is 10.5. The van der Waals surface area contributed by atoms with E-state index in [2.05, 4.69) is 19.9 Å². The summed E-state index contributed by atoms with van der Waals surface area (Å²) in [6, 6.07) is 0. The van der Waals surface area contributed by atoms with Crippen LogP contribution < -0.4 is 0 Å². The molecule has 0 radical (unpaired) electrons. The van der Waals surface area contributed by atoms with E-state index in [0.717, 1.165) is 17.0 Å². The Hall–Kier alpha value is -1.98. The van der Waals surface area contributed by atoms with Crippen LogP contribution in [0, 0.1) is 13.8 Å². The number of hydrogen-bond acceptors (Lipinski definition) is 5. The molecule has 0 unspecified atom stereocenters. The summed E-state index contributed by atoms with van der Waals surface area (Å²) in [4.78, 5) is 15.5. The minimum atomic E-state index is -0.277. The van der Waals surface area contributed by atoms with Gasteiger partial charge < -0.3 is 4.74 Å². The third-order valence-electron chi connectivity index (χ3n) is 2.58. The van der Waals surface area contributed by atoms with Crippen molar-refractivity contribution in [1.29, 1.82) is 0 Å². The standard InChI is InChI=1S/C10H12N4O2/c1-6-8(4-9(15)16-3)7(2)14-5-11-13-10(14)12-6/h5H,4H2,1-3H3. The van der Waals surface area contributed by atoms with Crippen molar-refractivity contribution in [1.82, 2.24) is 19.6 Å². The molecule has 0 bridgehead atoms. The van der Waals surface area contributed by atoms with Gasteiger partial charge in [-0.25, -0.2) is 4.98 Å². The van der Waals surface area contributed by atoms with Gasteiger partial charge in [0.15, 0.2) is 0 Å². The Morgan fingerprint density at radius 3 is 2.94 bits per heavy atom. The molecule has 2 heterocycles. The lowest BCUT2D eigenvalue weighted by molar-refractivity contribution is -0.139. The molecule has 2 aromatic rings. The van der Waals surface area contributed by atoms with E-state index in [9.17, 15) is 4.79 Å². The Labute approximate surface area is 92.3 Å². The number of aromatic nitrogens is 4. The molecule has 2 aromatic heterocycles. The highest BCUT2D eigenvalue weighted by atomic mass is 16.5. The number of methoxy groups -OCH3 is 1. The van der Waals surface area contributed by atoms with Gasteiger partial charge in [-0.1, -0.05) is 0 Å². The Morgan fingerprint density at radius 2 is 2.25 bits per heavy atom. The van der Waals surface area contributed by atoms with Gasteiger partial charge in [0.05, 0.1) is 13.5 Å². The first-order valence-corrected chi connectivity index (χ1v) is 4.86. The normalized spacial score (nSPS) is 10.7. The van der Waals surface area contributed by atoms with Gasteiger partial charge in [-0.3, -0.25) is 9.20 Å². The lowest BCUT2D eigenvalue weighted by Crippen LogP contribution is -2.11. The molecule has 0 N–H and O–H groups in total. The van der Waals surface area contributed by atoms with E-state index < -0.39 is 0 Å². The van der Waals surface area contributed by atoms with Gasteiger partial charge in [0.1, 0.15) is 6.33 Å². The van der Waals surface area contributed by atoms with Crippen molar-refractivity contribution in [2.75, 3.05) is 7.11 Å². The SMILES string of the molecule is COC(=O)Cc1c(C)nc2nncn2c1C. The zero-order valence-electron chi connectivity index (χ0n) is 9.39. The number of aryl methyl sites for hydroxylation is 2. The molecule has 0 saturated carbocycles. The molecule has 0 aliphatic heterocycles. The van der Waals surface area contributed by atoms with Crippen molar-refractivity contribution >= 4 is 11.7 Å². The summed E-state index contributed by atoms with van der Waals surface area (Å²) in [6.45, 7) is 3.75. The van der Waals surface area contributed by atoms with E-state index in [4.69, 9.17) is 0 Å². The summed E-state index contributed by atoms with van der Waals surface area (Å²) in [5.41, 5.74) is 2.56. The van der Waals surface area contributed by atoms with Crippen molar-refractivity contribution in [3.8, 4) is 0 Å². The molecule has 16 heavy (non-hydrogen) atoms. The van der Waals surface area contributed by atoms with E-state index in [1.54, 1.807) is 10.7 Å². The second-order valence-corrected chi connectivity index (χ2v) is 3.52. The van der Waals surface area contributed by atoms with Crippen LogP contribution in [0.15, 0.2) is 6.33 Å². The fourth-order valence-electron chi connectivity index (χ4n) is 1.64. The molecule has 0 atom stereocenters. The van der Waals surface area contributed by atoms with Gasteiger partial charge in [-0.05, 0) is 13.8 Å². The highest BCUT2D eigenvalue weighted by Crippen LogP contribution is 2.14. The third-order valence-corrected chi connectivity index (χ3v) is 2.58. The molecule has 0 saturated heterocycles. The van der Waals surface area contributed by atoms with Gasteiger partial charge in [0, 0.05) is 17.0 Å². The number of carbonyl (C=O) groups is 1. The minimum Gasteiger partial charge on any atom is -0.469 e. The first-order valence-electron chi connectivity index (χ1n) is 4.86. The van der Waals surface area contributed by atoms with Crippen LogP contribution >= 0.6 is 0 Å². The van der Waals surface area contributed by atoms with E-state index in [-0.39, 0.29) is 12.4 Å². The second kappa shape index (κ2) is 3.88. The monoisotopic (exact) mass is 220 g/mol. The molecule has 0 fully saturated rings. The van der Waals surface area contributed by atoms with Crippen molar-refractivity contribution in [2.45, 2.75) is 20.3 Å². The minimum absolute atomic E-state index is 0.218. The van der Waals surface area contributed by atoms with Crippen LogP contribution in [-0.2, 0) is 16.0 Å². The maximum absolute atomic E-state index is 11.3. The van der Waals surface area contributed by atoms with Crippen LogP contribution in [0.1, 0.15) is 17.0 Å². The Morgan fingerprint density at radius 1 is 1.50 bits per heavy atom. The Balaban J connectivity index is 2.55. The maximum Gasteiger partial charge on any atom is 0.310 e. The van der Waals surface area contributed by atoms with Crippen molar-refractivity contribution in [3.63, 3.8) is 0 Å². The van der Waals surface area contributed by atoms with Gasteiger partial charge in [0.25, 0.3) is 5.78 Å². The topological polar surface area (TPSA) is 69.4 Å². The molecule has 0 aromatic carbocycles. The summed E-state index contributed by atoms with van der Waals surface area (Å²) in [5, 5.41) is 7.64. The van der Waals surface area contributed by atoms with Gasteiger partial charge in [-0.2, -0.15) is 0 Å². The van der Waals surface area contributed by atoms with Gasteiger partial charge in [-0.15, -0.1) is 10.2 Å². The number of nitrogens with zero attached hydrogens (tertiary/aromatic N) is 4. The number of fused-ring (bicyclic) bond motifs is 1. The third kappa shape index (κ3) is 1.62. The van der Waals surface area contributed by atoms with Crippen molar-refractivity contribution in [3.05, 3.63) is 23.3 Å². The zero-order chi connectivity index (χ0) is 11.7. The fraction of sp³-hybridized carbons (Fsp3) is 0.400. The lowest BCUT2D eigenvalue weighted by Gasteiger charge is -2.09. The molecular weight excluding hydrogens is 208 g/mol. The summed E-state index contributed by atoms with van der Waals surface area (Å²) < 4.78 is 6.41. The fourth-order valence-corrected chi connectivity index (χ4v) is 1.64. The predicted molar refractivity (Wildman–Crippen MR) is 56.0 cm³/mol. The average molecular weight is 220 g/mol. The highest BCUT2D eigenvalue weighted by Gasteiger charge is 2.13. The largest absolute Gasteiger partial charge is 0.469 e. The van der Waals surface area contributed by atoms with Crippen LogP contribution in [0.25, 0.3) is 5.78 Å². The average Bonchev–Trinajstić information content (AvgIpc) is 2.71. The molecule has 6 nitrogen and oxygen atoms in total. The van der Waals surface area contributed by atoms with E-state index in [1.165, 1.54) is 7.11 Å². The zero-order valence-corrected chi connectivity index (χ0v) is 9.39. The van der Waals surface area contributed by atoms with Crippen LogP contribution in [0.2, 0.25) is 0 Å². The molecule has 6 heteroatoms. The van der Waals surface area contributed by atoms with Crippen LogP contribution in [0.5, 0.6) is 0 Å². The summed E-state index contributed by atoms with van der Waals surface area (Å²) in [7, 11) is 1.37. The smallest absolute Gasteiger partial charge is 0.310 e. The summed E-state index contributed by atoms with van der Waals surface area (Å²) >= 11 is 0. The number of carbonyl (C=O) groups excluding carboxylic acids is 1. The predicted octanol–water partition coefficient (Wildman–Crippen LogP) is 0.457. The number of esters is 1. The van der Waals surface area contributed by atoms with Crippen molar-refractivity contribution in [2.24, 2.45) is 0 Å². The molecule has 0 spiro atoms. The summed E-state index contributed by atoms with van der Waals surface area (Å²) in [6.07, 6.45) is 1.80. The Bertz CT molecular complexity index is 547. The van der Waals surface area contributed by atoms with Gasteiger partial charge >= 0.3 is 5.97 Å². The van der Waals surface area contributed by atoms with E-state index in [1.807, 2.05) is 13.8 Å². The molecule has 84 valence electrons. The molecule has 0 amide bonds. The quantitative estimate of drug-likeness (QED) is 0.687. The number of rotatable bonds is 2. The Kier molecular flexibility index (Phi) is 2.55. The van der Waals surface area contributed by atoms with Crippen molar-refractivity contribution < 1.29 is 9.53 Å². The van der Waals surface area contributed by atoms with E-state index in [0.29, 0.717) is 5.78 Å². The molecule has 0 aliphatic carbocycles. The second-order valence-electron chi connectivity index (χ2n) is 3.52. The molecule has 2 rings (SSSR count). The van der Waals surface area contributed by atoms with Crippen LogP contribution in [-0.4, -0.2) is 32.7 Å². The highest BCUT2D eigenvalue weighted by molar-refractivity contribution is 5.73. The number of hydrogen-bond donors (Lipinski definition) is 0. The van der Waals surface area contributed by atoms with Crippen LogP contribution in [0.4, 0.5) is 0 Å². The first-order chi connectivity index (χ1) is 7.63. The van der Waals surface area contributed by atoms with Crippen LogP contribution in [0.3, 0.4) is 0 Å². The lowest BCUT2D eigenvalue weighted by atomic mass is 10.1. The molecular formula is C10H12N4O2. The maximum atomic E-state index is 11.3. The number of ether oxygens (including phenoxy) is 1. The summed E-state index contributed by atoms with van der Waals surface area (Å²) in [5.74, 6) is 0.268.